The Kier molecular flexibility index (Phi) is 3.54. The van der Waals surface area contributed by atoms with Gasteiger partial charge in [-0.3, -0.25) is 4.79 Å². The number of benzene rings is 3. The number of amides is 1. The molecule has 0 fully saturated rings. The molecule has 118 valence electrons. The summed E-state index contributed by atoms with van der Waals surface area (Å²) in [6, 6.07) is 23.8. The van der Waals surface area contributed by atoms with Crippen molar-refractivity contribution in [3.63, 3.8) is 0 Å². The molecular weight excluding hydrogens is 298 g/mol. The van der Waals surface area contributed by atoms with E-state index >= 15 is 0 Å². The van der Waals surface area contributed by atoms with Crippen molar-refractivity contribution in [1.82, 2.24) is 4.90 Å². The molecule has 3 aromatic carbocycles. The number of carbonyl (C=O) groups is 1. The van der Waals surface area contributed by atoms with Crippen LogP contribution >= 0.6 is 0 Å². The van der Waals surface area contributed by atoms with Crippen LogP contribution < -0.4 is 0 Å². The summed E-state index contributed by atoms with van der Waals surface area (Å²) in [6.45, 7) is 0.553. The Bertz CT molecular complexity index is 1020. The second kappa shape index (κ2) is 5.85. The molecule has 0 N–H and O–H groups in total. The van der Waals surface area contributed by atoms with Crippen LogP contribution in [0.5, 0.6) is 0 Å². The van der Waals surface area contributed by atoms with Crippen molar-refractivity contribution in [2.24, 2.45) is 0 Å². The molecule has 3 heteroatoms. The second-order valence-corrected chi connectivity index (χ2v) is 5.96. The van der Waals surface area contributed by atoms with Crippen LogP contribution in [0.1, 0.15) is 16.1 Å². The van der Waals surface area contributed by atoms with Crippen LogP contribution in [0.25, 0.3) is 21.7 Å². The van der Waals surface area contributed by atoms with Gasteiger partial charge in [-0.2, -0.15) is 0 Å². The van der Waals surface area contributed by atoms with Gasteiger partial charge in [-0.15, -0.1) is 0 Å². The van der Waals surface area contributed by atoms with Crippen LogP contribution in [0.4, 0.5) is 0 Å². The highest BCUT2D eigenvalue weighted by Crippen LogP contribution is 2.28. The van der Waals surface area contributed by atoms with E-state index in [1.807, 2.05) is 60.7 Å². The maximum Gasteiger partial charge on any atom is 0.289 e. The fourth-order valence-electron chi connectivity index (χ4n) is 3.02. The zero-order valence-corrected chi connectivity index (χ0v) is 13.4. The Morgan fingerprint density at radius 1 is 0.917 bits per heavy atom. The van der Waals surface area contributed by atoms with Crippen LogP contribution in [0.15, 0.2) is 77.2 Å². The Morgan fingerprint density at radius 3 is 2.50 bits per heavy atom. The summed E-state index contributed by atoms with van der Waals surface area (Å²) in [5.41, 5.74) is 1.83. The Morgan fingerprint density at radius 2 is 1.67 bits per heavy atom. The minimum Gasteiger partial charge on any atom is -0.451 e. The van der Waals surface area contributed by atoms with Crippen LogP contribution in [0.2, 0.25) is 0 Å². The fraction of sp³-hybridized carbons (Fsp3) is 0.0952. The predicted molar refractivity (Wildman–Crippen MR) is 96.0 cm³/mol. The number of rotatable bonds is 3. The maximum atomic E-state index is 12.7. The lowest BCUT2D eigenvalue weighted by molar-refractivity contribution is 0.0756. The van der Waals surface area contributed by atoms with Crippen LogP contribution in [-0.4, -0.2) is 17.9 Å². The average Bonchev–Trinajstić information content (AvgIpc) is 3.06. The van der Waals surface area contributed by atoms with E-state index in [1.54, 1.807) is 11.9 Å². The molecule has 0 atom stereocenters. The van der Waals surface area contributed by atoms with Gasteiger partial charge in [-0.05, 0) is 28.5 Å². The van der Waals surface area contributed by atoms with Gasteiger partial charge in [-0.25, -0.2) is 0 Å². The molecule has 24 heavy (non-hydrogen) atoms. The summed E-state index contributed by atoms with van der Waals surface area (Å²) in [5.74, 6) is 0.263. The van der Waals surface area contributed by atoms with E-state index in [0.717, 1.165) is 27.3 Å². The summed E-state index contributed by atoms with van der Waals surface area (Å²) in [5, 5.41) is 3.22. The van der Waals surface area contributed by atoms with Crippen molar-refractivity contribution in [2.75, 3.05) is 7.05 Å². The molecule has 0 spiro atoms. The molecule has 3 nitrogen and oxygen atoms in total. The number of hydrogen-bond acceptors (Lipinski definition) is 2. The first-order valence-corrected chi connectivity index (χ1v) is 7.93. The van der Waals surface area contributed by atoms with Crippen LogP contribution in [-0.2, 0) is 6.54 Å². The minimum atomic E-state index is -0.112. The number of fused-ring (bicyclic) bond motifs is 3. The van der Waals surface area contributed by atoms with Gasteiger partial charge in [0.25, 0.3) is 5.91 Å². The van der Waals surface area contributed by atoms with E-state index in [9.17, 15) is 4.79 Å². The van der Waals surface area contributed by atoms with E-state index in [1.165, 1.54) is 0 Å². The van der Waals surface area contributed by atoms with Gasteiger partial charge in [0.2, 0.25) is 0 Å². The van der Waals surface area contributed by atoms with Crippen molar-refractivity contribution in [1.29, 1.82) is 0 Å². The van der Waals surface area contributed by atoms with Crippen LogP contribution in [0.3, 0.4) is 0 Å². The molecule has 0 aliphatic heterocycles. The third-order valence-corrected chi connectivity index (χ3v) is 4.25. The van der Waals surface area contributed by atoms with Crippen molar-refractivity contribution < 1.29 is 9.21 Å². The third-order valence-electron chi connectivity index (χ3n) is 4.25. The molecule has 0 bridgehead atoms. The summed E-state index contributed by atoms with van der Waals surface area (Å²) in [4.78, 5) is 14.4. The largest absolute Gasteiger partial charge is 0.451 e. The minimum absolute atomic E-state index is 0.112. The lowest BCUT2D eigenvalue weighted by atomic mass is 10.1. The monoisotopic (exact) mass is 315 g/mol. The Hall–Kier alpha value is -3.07. The molecule has 4 aromatic rings. The number of furan rings is 1. The predicted octanol–water partition coefficient (Wildman–Crippen LogP) is 4.86. The Labute approximate surface area is 140 Å². The van der Waals surface area contributed by atoms with Crippen molar-refractivity contribution in [3.05, 3.63) is 84.1 Å². The second-order valence-electron chi connectivity index (χ2n) is 5.96. The molecule has 1 amide bonds. The summed E-state index contributed by atoms with van der Waals surface area (Å²) >= 11 is 0. The summed E-state index contributed by atoms with van der Waals surface area (Å²) in [7, 11) is 1.79. The molecule has 4 rings (SSSR count). The molecule has 0 unspecified atom stereocenters. The summed E-state index contributed by atoms with van der Waals surface area (Å²) in [6.07, 6.45) is 0. The lowest BCUT2D eigenvalue weighted by Crippen LogP contribution is -2.25. The quantitative estimate of drug-likeness (QED) is 0.541. The van der Waals surface area contributed by atoms with E-state index in [-0.39, 0.29) is 5.91 Å². The number of nitrogens with zero attached hydrogens (tertiary/aromatic N) is 1. The SMILES string of the molecule is CN(Cc1ccccc1)C(=O)c1cc2c(ccc3ccccc32)o1. The highest BCUT2D eigenvalue weighted by atomic mass is 16.3. The van der Waals surface area contributed by atoms with Gasteiger partial charge < -0.3 is 9.32 Å². The standard InChI is InChI=1S/C21H17NO2/c1-22(14-15-7-3-2-4-8-15)21(23)20-13-18-17-10-6-5-9-16(17)11-12-19(18)24-20/h2-13H,14H2,1H3. The maximum absolute atomic E-state index is 12.7. The molecule has 0 aliphatic rings. The highest BCUT2D eigenvalue weighted by molar-refractivity contribution is 6.08. The fourth-order valence-corrected chi connectivity index (χ4v) is 3.02. The first kappa shape index (κ1) is 14.5. The normalized spacial score (nSPS) is 11.0. The van der Waals surface area contributed by atoms with Gasteiger partial charge in [0.1, 0.15) is 5.58 Å². The third kappa shape index (κ3) is 2.54. The van der Waals surface area contributed by atoms with Gasteiger partial charge in [0, 0.05) is 19.0 Å². The molecular formula is C21H17NO2. The lowest BCUT2D eigenvalue weighted by Gasteiger charge is -2.15. The zero-order valence-electron chi connectivity index (χ0n) is 13.4. The van der Waals surface area contributed by atoms with Crippen molar-refractivity contribution in [3.8, 4) is 0 Å². The highest BCUT2D eigenvalue weighted by Gasteiger charge is 2.18. The molecule has 0 radical (unpaired) electrons. The van der Waals surface area contributed by atoms with Crippen molar-refractivity contribution in [2.45, 2.75) is 6.54 Å². The smallest absolute Gasteiger partial charge is 0.289 e. The molecule has 1 aromatic heterocycles. The zero-order chi connectivity index (χ0) is 16.5. The van der Waals surface area contributed by atoms with E-state index in [0.29, 0.717) is 12.3 Å². The summed E-state index contributed by atoms with van der Waals surface area (Å²) < 4.78 is 5.81. The number of hydrogen-bond donors (Lipinski definition) is 0. The molecule has 0 saturated carbocycles. The molecule has 0 aliphatic carbocycles. The first-order chi connectivity index (χ1) is 11.7. The van der Waals surface area contributed by atoms with Gasteiger partial charge in [0.05, 0.1) is 0 Å². The topological polar surface area (TPSA) is 33.5 Å². The van der Waals surface area contributed by atoms with Crippen LogP contribution in [0, 0.1) is 0 Å². The van der Waals surface area contributed by atoms with E-state index < -0.39 is 0 Å². The van der Waals surface area contributed by atoms with Gasteiger partial charge in [-0.1, -0.05) is 60.7 Å². The van der Waals surface area contributed by atoms with E-state index in [2.05, 4.69) is 12.1 Å². The van der Waals surface area contributed by atoms with E-state index in [4.69, 9.17) is 4.42 Å². The van der Waals surface area contributed by atoms with Gasteiger partial charge in [0.15, 0.2) is 5.76 Å². The Balaban J connectivity index is 1.68. The molecule has 0 saturated heterocycles. The number of carbonyl (C=O) groups excluding carboxylic acids is 1. The average molecular weight is 315 g/mol. The molecule has 1 heterocycles. The van der Waals surface area contributed by atoms with Gasteiger partial charge >= 0.3 is 0 Å². The first-order valence-electron chi connectivity index (χ1n) is 7.93. The van der Waals surface area contributed by atoms with Crippen molar-refractivity contribution >= 4 is 27.6 Å².